The molecular weight excluding hydrogens is 216 g/mol. The van der Waals surface area contributed by atoms with Gasteiger partial charge in [-0.1, -0.05) is 0 Å². The molecule has 0 aliphatic carbocycles. The van der Waals surface area contributed by atoms with Gasteiger partial charge in [-0.15, -0.1) is 0 Å². The van der Waals surface area contributed by atoms with Crippen molar-refractivity contribution in [3.8, 4) is 5.75 Å². The SMILES string of the molecule is COc1ccn2c(C3CCCOC3)ncc2c1. The van der Waals surface area contributed by atoms with Crippen LogP contribution in [0.25, 0.3) is 5.52 Å². The maximum absolute atomic E-state index is 5.52. The molecule has 1 fully saturated rings. The molecule has 2 aromatic rings. The van der Waals surface area contributed by atoms with Crippen molar-refractivity contribution >= 4 is 5.52 Å². The van der Waals surface area contributed by atoms with Gasteiger partial charge >= 0.3 is 0 Å². The van der Waals surface area contributed by atoms with Gasteiger partial charge in [-0.25, -0.2) is 4.98 Å². The zero-order valence-electron chi connectivity index (χ0n) is 9.93. The highest BCUT2D eigenvalue weighted by Gasteiger charge is 2.20. The molecule has 0 radical (unpaired) electrons. The van der Waals surface area contributed by atoms with Crippen LogP contribution < -0.4 is 4.74 Å². The second-order valence-electron chi connectivity index (χ2n) is 4.39. The lowest BCUT2D eigenvalue weighted by molar-refractivity contribution is 0.0779. The minimum absolute atomic E-state index is 0.416. The zero-order valence-corrected chi connectivity index (χ0v) is 9.93. The molecule has 1 aliphatic heterocycles. The summed E-state index contributed by atoms with van der Waals surface area (Å²) >= 11 is 0. The fraction of sp³-hybridized carbons (Fsp3) is 0.462. The Bertz CT molecular complexity index is 515. The number of rotatable bonds is 2. The van der Waals surface area contributed by atoms with Crippen LogP contribution >= 0.6 is 0 Å². The molecule has 2 aromatic heterocycles. The molecule has 0 N–H and O–H groups in total. The Morgan fingerprint density at radius 3 is 3.24 bits per heavy atom. The standard InChI is InChI=1S/C13H16N2O2/c1-16-12-4-5-15-11(7-12)8-14-13(15)10-3-2-6-17-9-10/h4-5,7-8,10H,2-3,6,9H2,1H3. The van der Waals surface area contributed by atoms with Gasteiger partial charge in [-0.2, -0.15) is 0 Å². The van der Waals surface area contributed by atoms with Crippen molar-refractivity contribution in [3.05, 3.63) is 30.4 Å². The van der Waals surface area contributed by atoms with Crippen LogP contribution in [0.5, 0.6) is 5.75 Å². The van der Waals surface area contributed by atoms with Crippen LogP contribution in [0, 0.1) is 0 Å². The number of pyridine rings is 1. The molecule has 3 heterocycles. The van der Waals surface area contributed by atoms with Gasteiger partial charge < -0.3 is 13.9 Å². The Kier molecular flexibility index (Phi) is 2.73. The minimum atomic E-state index is 0.416. The van der Waals surface area contributed by atoms with Gasteiger partial charge in [0.2, 0.25) is 0 Å². The van der Waals surface area contributed by atoms with Crippen LogP contribution in [0.1, 0.15) is 24.6 Å². The first-order chi connectivity index (χ1) is 8.38. The van der Waals surface area contributed by atoms with Crippen molar-refractivity contribution in [3.63, 3.8) is 0 Å². The van der Waals surface area contributed by atoms with E-state index in [2.05, 4.69) is 9.38 Å². The third kappa shape index (κ3) is 1.89. The predicted octanol–water partition coefficient (Wildman–Crippen LogP) is 2.24. The molecule has 0 aromatic carbocycles. The lowest BCUT2D eigenvalue weighted by atomic mass is 10.0. The van der Waals surface area contributed by atoms with Gasteiger partial charge in [0.1, 0.15) is 11.6 Å². The molecule has 0 saturated carbocycles. The summed E-state index contributed by atoms with van der Waals surface area (Å²) in [5.74, 6) is 2.38. The number of ether oxygens (including phenoxy) is 2. The number of fused-ring (bicyclic) bond motifs is 1. The summed E-state index contributed by atoms with van der Waals surface area (Å²) in [6, 6.07) is 3.96. The highest BCUT2D eigenvalue weighted by molar-refractivity contribution is 5.50. The molecule has 4 heteroatoms. The van der Waals surface area contributed by atoms with Crippen LogP contribution in [0.3, 0.4) is 0 Å². The molecule has 0 spiro atoms. The number of imidazole rings is 1. The minimum Gasteiger partial charge on any atom is -0.497 e. The Hall–Kier alpha value is -1.55. The molecule has 90 valence electrons. The molecule has 17 heavy (non-hydrogen) atoms. The van der Waals surface area contributed by atoms with E-state index in [1.807, 2.05) is 24.5 Å². The second kappa shape index (κ2) is 4.37. The number of hydrogen-bond donors (Lipinski definition) is 0. The van der Waals surface area contributed by atoms with Crippen molar-refractivity contribution in [2.24, 2.45) is 0 Å². The van der Waals surface area contributed by atoms with E-state index >= 15 is 0 Å². The van der Waals surface area contributed by atoms with E-state index in [0.717, 1.165) is 43.1 Å². The number of nitrogens with zero attached hydrogens (tertiary/aromatic N) is 2. The maximum Gasteiger partial charge on any atom is 0.122 e. The predicted molar refractivity (Wildman–Crippen MR) is 64.5 cm³/mol. The molecule has 4 nitrogen and oxygen atoms in total. The maximum atomic E-state index is 5.52. The molecule has 1 saturated heterocycles. The second-order valence-corrected chi connectivity index (χ2v) is 4.39. The summed E-state index contributed by atoms with van der Waals surface area (Å²) in [6.07, 6.45) is 6.19. The van der Waals surface area contributed by atoms with Crippen LogP contribution in [0.2, 0.25) is 0 Å². The zero-order chi connectivity index (χ0) is 11.7. The molecule has 1 atom stereocenters. The molecule has 1 unspecified atom stereocenters. The third-order valence-corrected chi connectivity index (χ3v) is 3.29. The largest absolute Gasteiger partial charge is 0.497 e. The van der Waals surface area contributed by atoms with E-state index in [1.54, 1.807) is 7.11 Å². The Morgan fingerprint density at radius 1 is 1.53 bits per heavy atom. The Morgan fingerprint density at radius 2 is 2.47 bits per heavy atom. The van der Waals surface area contributed by atoms with Crippen molar-refractivity contribution < 1.29 is 9.47 Å². The summed E-state index contributed by atoms with van der Waals surface area (Å²) < 4.78 is 12.9. The Labute approximate surface area is 100 Å². The van der Waals surface area contributed by atoms with Crippen molar-refractivity contribution in [2.45, 2.75) is 18.8 Å². The summed E-state index contributed by atoms with van der Waals surface area (Å²) in [7, 11) is 1.68. The highest BCUT2D eigenvalue weighted by atomic mass is 16.5. The summed E-state index contributed by atoms with van der Waals surface area (Å²) in [5.41, 5.74) is 1.07. The summed E-state index contributed by atoms with van der Waals surface area (Å²) in [5, 5.41) is 0. The fourth-order valence-electron chi connectivity index (χ4n) is 2.37. The van der Waals surface area contributed by atoms with E-state index in [1.165, 1.54) is 0 Å². The molecule has 0 bridgehead atoms. The van der Waals surface area contributed by atoms with Gasteiger partial charge in [0.05, 0.1) is 25.4 Å². The lowest BCUT2D eigenvalue weighted by Gasteiger charge is -2.21. The number of methoxy groups -OCH3 is 1. The average Bonchev–Trinajstić information content (AvgIpc) is 2.82. The smallest absolute Gasteiger partial charge is 0.122 e. The average molecular weight is 232 g/mol. The molecule has 0 amide bonds. The van der Waals surface area contributed by atoms with Gasteiger partial charge in [-0.05, 0) is 18.9 Å². The first-order valence-corrected chi connectivity index (χ1v) is 5.97. The van der Waals surface area contributed by atoms with Crippen molar-refractivity contribution in [1.82, 2.24) is 9.38 Å². The third-order valence-electron chi connectivity index (χ3n) is 3.29. The van der Waals surface area contributed by atoms with E-state index in [-0.39, 0.29) is 0 Å². The van der Waals surface area contributed by atoms with Gasteiger partial charge in [0.25, 0.3) is 0 Å². The van der Waals surface area contributed by atoms with Crippen molar-refractivity contribution in [1.29, 1.82) is 0 Å². The first-order valence-electron chi connectivity index (χ1n) is 5.97. The van der Waals surface area contributed by atoms with Crippen LogP contribution in [-0.4, -0.2) is 29.7 Å². The molecule has 3 rings (SSSR count). The van der Waals surface area contributed by atoms with Gasteiger partial charge in [0, 0.05) is 24.8 Å². The van der Waals surface area contributed by atoms with Crippen molar-refractivity contribution in [2.75, 3.05) is 20.3 Å². The van der Waals surface area contributed by atoms with E-state index in [4.69, 9.17) is 9.47 Å². The lowest BCUT2D eigenvalue weighted by Crippen LogP contribution is -2.17. The topological polar surface area (TPSA) is 35.8 Å². The van der Waals surface area contributed by atoms with Crippen LogP contribution in [-0.2, 0) is 4.74 Å². The van der Waals surface area contributed by atoms with Crippen LogP contribution in [0.4, 0.5) is 0 Å². The monoisotopic (exact) mass is 232 g/mol. The molecule has 1 aliphatic rings. The Balaban J connectivity index is 1.99. The van der Waals surface area contributed by atoms with Crippen LogP contribution in [0.15, 0.2) is 24.5 Å². The highest BCUT2D eigenvalue weighted by Crippen LogP contribution is 2.26. The quantitative estimate of drug-likeness (QED) is 0.796. The summed E-state index contributed by atoms with van der Waals surface area (Å²) in [4.78, 5) is 4.52. The number of hydrogen-bond acceptors (Lipinski definition) is 3. The normalized spacial score (nSPS) is 20.6. The van der Waals surface area contributed by atoms with E-state index < -0.39 is 0 Å². The summed E-state index contributed by atoms with van der Waals surface area (Å²) in [6.45, 7) is 1.67. The number of aromatic nitrogens is 2. The van der Waals surface area contributed by atoms with E-state index in [9.17, 15) is 0 Å². The van der Waals surface area contributed by atoms with Gasteiger partial charge in [-0.3, -0.25) is 0 Å². The van der Waals surface area contributed by atoms with Gasteiger partial charge in [0.15, 0.2) is 0 Å². The van der Waals surface area contributed by atoms with E-state index in [0.29, 0.717) is 5.92 Å². The molecular formula is C13H16N2O2. The first kappa shape index (κ1) is 10.6. The fourth-order valence-corrected chi connectivity index (χ4v) is 2.37.